The molecule has 0 radical (unpaired) electrons. The van der Waals surface area contributed by atoms with E-state index in [0.717, 1.165) is 0 Å². The highest BCUT2D eigenvalue weighted by atomic mass is 16.5. The number of anilines is 1. The van der Waals surface area contributed by atoms with E-state index in [1.807, 2.05) is 6.07 Å². The molecule has 6 heteroatoms. The normalized spacial score (nSPS) is 20.5. The van der Waals surface area contributed by atoms with Crippen molar-refractivity contribution in [3.8, 4) is 6.07 Å². The minimum absolute atomic E-state index is 0.0937. The maximum atomic E-state index is 12.6. The number of carbonyl (C=O) groups is 3. The zero-order chi connectivity index (χ0) is 16.3. The molecular formula is C16H16N2O4. The summed E-state index contributed by atoms with van der Waals surface area (Å²) in [6.07, 6.45) is -0.229. The van der Waals surface area contributed by atoms with Gasteiger partial charge in [0.15, 0.2) is 5.92 Å². The van der Waals surface area contributed by atoms with Gasteiger partial charge >= 0.3 is 5.97 Å². The van der Waals surface area contributed by atoms with Crippen molar-refractivity contribution in [2.24, 2.45) is 5.92 Å². The highest BCUT2D eigenvalue weighted by molar-refractivity contribution is 6.11. The second-order valence-corrected chi connectivity index (χ2v) is 5.16. The van der Waals surface area contributed by atoms with Crippen LogP contribution in [0.2, 0.25) is 0 Å². The third kappa shape index (κ3) is 2.35. The molecule has 1 aromatic carbocycles. The number of para-hydroxylation sites is 1. The third-order valence-electron chi connectivity index (χ3n) is 3.73. The number of fused-ring (bicyclic) bond motifs is 1. The average Bonchev–Trinajstić information content (AvgIpc) is 2.73. The summed E-state index contributed by atoms with van der Waals surface area (Å²) in [5.74, 6) is -2.97. The number of nitrogens with one attached hydrogen (secondary N) is 1. The Bertz CT molecular complexity index is 677. The van der Waals surface area contributed by atoms with Gasteiger partial charge in [0.2, 0.25) is 5.91 Å². The number of esters is 1. The lowest BCUT2D eigenvalue weighted by molar-refractivity contribution is -0.150. The van der Waals surface area contributed by atoms with Crippen LogP contribution in [0.5, 0.6) is 0 Å². The van der Waals surface area contributed by atoms with Crippen LogP contribution in [-0.2, 0) is 24.5 Å². The Morgan fingerprint density at radius 3 is 2.68 bits per heavy atom. The Morgan fingerprint density at radius 2 is 2.09 bits per heavy atom. The number of ketones is 1. The summed E-state index contributed by atoms with van der Waals surface area (Å²) < 4.78 is 4.92. The first-order valence-corrected chi connectivity index (χ1v) is 6.94. The van der Waals surface area contributed by atoms with Crippen LogP contribution in [0.25, 0.3) is 0 Å². The van der Waals surface area contributed by atoms with Crippen LogP contribution in [0.15, 0.2) is 24.3 Å². The first kappa shape index (κ1) is 15.7. The van der Waals surface area contributed by atoms with Gasteiger partial charge in [0.05, 0.1) is 12.7 Å². The molecule has 0 unspecified atom stereocenters. The van der Waals surface area contributed by atoms with Gasteiger partial charge in [-0.15, -0.1) is 0 Å². The van der Waals surface area contributed by atoms with Crippen LogP contribution in [-0.4, -0.2) is 24.3 Å². The van der Waals surface area contributed by atoms with Crippen LogP contribution in [0.4, 0.5) is 5.69 Å². The van der Waals surface area contributed by atoms with Gasteiger partial charge in [-0.2, -0.15) is 5.26 Å². The zero-order valence-corrected chi connectivity index (χ0v) is 12.4. The van der Waals surface area contributed by atoms with Crippen molar-refractivity contribution in [3.63, 3.8) is 0 Å². The Morgan fingerprint density at radius 1 is 1.41 bits per heavy atom. The van der Waals surface area contributed by atoms with E-state index in [0.29, 0.717) is 11.3 Å². The van der Waals surface area contributed by atoms with E-state index < -0.39 is 23.2 Å². The summed E-state index contributed by atoms with van der Waals surface area (Å²) in [4.78, 5) is 36.5. The van der Waals surface area contributed by atoms with Gasteiger partial charge in [-0.05, 0) is 25.5 Å². The van der Waals surface area contributed by atoms with E-state index in [1.54, 1.807) is 31.2 Å². The summed E-state index contributed by atoms with van der Waals surface area (Å²) in [6.45, 7) is 3.04. The number of Topliss-reactive ketones (excluding diaryl/α,β-unsaturated/α-hetero) is 1. The van der Waals surface area contributed by atoms with Gasteiger partial charge < -0.3 is 10.1 Å². The van der Waals surface area contributed by atoms with Gasteiger partial charge in [-0.25, -0.2) is 0 Å². The van der Waals surface area contributed by atoms with E-state index >= 15 is 0 Å². The van der Waals surface area contributed by atoms with Crippen LogP contribution in [0.3, 0.4) is 0 Å². The first-order chi connectivity index (χ1) is 10.5. The number of carbonyl (C=O) groups excluding carboxylic acids is 3. The topological polar surface area (TPSA) is 96.3 Å². The summed E-state index contributed by atoms with van der Waals surface area (Å²) >= 11 is 0. The van der Waals surface area contributed by atoms with Crippen molar-refractivity contribution in [2.45, 2.75) is 25.7 Å². The number of hydrogen-bond donors (Lipinski definition) is 1. The van der Waals surface area contributed by atoms with E-state index in [9.17, 15) is 19.6 Å². The molecule has 1 aliphatic rings. The average molecular weight is 300 g/mol. The smallest absolute Gasteiger partial charge is 0.324 e. The molecule has 0 saturated carbocycles. The maximum Gasteiger partial charge on any atom is 0.324 e. The highest BCUT2D eigenvalue weighted by Gasteiger charge is 2.56. The Hall–Kier alpha value is -2.68. The molecule has 1 heterocycles. The van der Waals surface area contributed by atoms with Crippen molar-refractivity contribution in [2.75, 3.05) is 11.9 Å². The van der Waals surface area contributed by atoms with Crippen molar-refractivity contribution in [1.29, 1.82) is 5.26 Å². The van der Waals surface area contributed by atoms with Gasteiger partial charge in [0.25, 0.3) is 0 Å². The lowest BCUT2D eigenvalue weighted by Gasteiger charge is -2.29. The molecule has 1 aliphatic heterocycles. The van der Waals surface area contributed by atoms with Crippen LogP contribution >= 0.6 is 0 Å². The molecule has 0 saturated heterocycles. The van der Waals surface area contributed by atoms with E-state index in [2.05, 4.69) is 5.32 Å². The zero-order valence-electron chi connectivity index (χ0n) is 12.4. The number of rotatable bonds is 5. The number of benzene rings is 1. The molecule has 1 N–H and O–H groups in total. The van der Waals surface area contributed by atoms with Crippen LogP contribution in [0, 0.1) is 17.2 Å². The lowest BCUT2D eigenvalue weighted by Crippen LogP contribution is -2.46. The van der Waals surface area contributed by atoms with Crippen LogP contribution in [0.1, 0.15) is 25.8 Å². The number of nitriles is 1. The van der Waals surface area contributed by atoms with E-state index in [4.69, 9.17) is 4.74 Å². The fourth-order valence-corrected chi connectivity index (χ4v) is 2.88. The fourth-order valence-electron chi connectivity index (χ4n) is 2.88. The van der Waals surface area contributed by atoms with Crippen molar-refractivity contribution in [1.82, 2.24) is 0 Å². The van der Waals surface area contributed by atoms with E-state index in [1.165, 1.54) is 6.92 Å². The Balaban J connectivity index is 2.63. The minimum Gasteiger partial charge on any atom is -0.465 e. The molecule has 6 nitrogen and oxygen atoms in total. The Kier molecular flexibility index (Phi) is 4.27. The summed E-state index contributed by atoms with van der Waals surface area (Å²) in [7, 11) is 0. The SMILES string of the molecule is CCOC(=O)[C@@H](C#N)[C@]1(CC(C)=O)C(=O)Nc2ccccc21. The van der Waals surface area contributed by atoms with Crippen LogP contribution < -0.4 is 5.32 Å². The van der Waals surface area contributed by atoms with Crippen molar-refractivity contribution >= 4 is 23.3 Å². The molecular weight excluding hydrogens is 284 g/mol. The molecule has 0 fully saturated rings. The largest absolute Gasteiger partial charge is 0.465 e. The Labute approximate surface area is 128 Å². The summed E-state index contributed by atoms with van der Waals surface area (Å²) in [5.41, 5.74) is -0.545. The predicted molar refractivity (Wildman–Crippen MR) is 77.8 cm³/mol. The summed E-state index contributed by atoms with van der Waals surface area (Å²) in [6, 6.07) is 8.62. The number of nitrogens with zero attached hydrogens (tertiary/aromatic N) is 1. The molecule has 0 aliphatic carbocycles. The lowest BCUT2D eigenvalue weighted by atomic mass is 9.68. The minimum atomic E-state index is -1.54. The van der Waals surface area contributed by atoms with Crippen molar-refractivity contribution < 1.29 is 19.1 Å². The van der Waals surface area contributed by atoms with Gasteiger partial charge in [0.1, 0.15) is 11.2 Å². The van der Waals surface area contributed by atoms with Gasteiger partial charge in [-0.1, -0.05) is 18.2 Å². The molecule has 22 heavy (non-hydrogen) atoms. The van der Waals surface area contributed by atoms with Gasteiger partial charge in [-0.3, -0.25) is 14.4 Å². The first-order valence-electron chi connectivity index (χ1n) is 6.94. The number of hydrogen-bond acceptors (Lipinski definition) is 5. The molecule has 2 rings (SSSR count). The number of amides is 1. The maximum absolute atomic E-state index is 12.6. The standard InChI is InChI=1S/C16H16N2O4/c1-3-22-14(20)12(9-17)16(8-10(2)19)11-6-4-5-7-13(11)18-15(16)21/h4-7,12H,3,8H2,1-2H3,(H,18,21)/t12-,16-/m1/s1. The molecule has 1 aromatic rings. The monoisotopic (exact) mass is 300 g/mol. The molecule has 0 spiro atoms. The molecule has 114 valence electrons. The van der Waals surface area contributed by atoms with E-state index in [-0.39, 0.29) is 18.8 Å². The molecule has 2 atom stereocenters. The van der Waals surface area contributed by atoms with Gasteiger partial charge in [0, 0.05) is 12.1 Å². The summed E-state index contributed by atoms with van der Waals surface area (Å²) in [5, 5.41) is 12.1. The second-order valence-electron chi connectivity index (χ2n) is 5.16. The molecule has 1 amide bonds. The predicted octanol–water partition coefficient (Wildman–Crippen LogP) is 1.56. The fraction of sp³-hybridized carbons (Fsp3) is 0.375. The number of ether oxygens (including phenoxy) is 1. The highest BCUT2D eigenvalue weighted by Crippen LogP contribution is 2.46. The quantitative estimate of drug-likeness (QED) is 0.832. The molecule has 0 bridgehead atoms. The third-order valence-corrected chi connectivity index (χ3v) is 3.73. The van der Waals surface area contributed by atoms with Crippen molar-refractivity contribution in [3.05, 3.63) is 29.8 Å². The second kappa shape index (κ2) is 5.98. The molecule has 0 aromatic heterocycles.